The van der Waals surface area contributed by atoms with Crippen LogP contribution in [0.3, 0.4) is 0 Å². The molecule has 0 bridgehead atoms. The van der Waals surface area contributed by atoms with E-state index < -0.39 is 0 Å². The molecule has 20 heavy (non-hydrogen) atoms. The predicted molar refractivity (Wildman–Crippen MR) is 83.3 cm³/mol. The van der Waals surface area contributed by atoms with E-state index in [4.69, 9.17) is 9.47 Å². The van der Waals surface area contributed by atoms with Gasteiger partial charge in [-0.25, -0.2) is 0 Å². The van der Waals surface area contributed by atoms with Crippen molar-refractivity contribution in [2.45, 2.75) is 77.4 Å². The van der Waals surface area contributed by atoms with Gasteiger partial charge in [0.05, 0.1) is 0 Å². The van der Waals surface area contributed by atoms with Gasteiger partial charge in [-0.05, 0) is 18.6 Å². The van der Waals surface area contributed by atoms with Crippen molar-refractivity contribution in [2.24, 2.45) is 0 Å². The van der Waals surface area contributed by atoms with Crippen LogP contribution in [0.5, 0.6) is 11.5 Å². The van der Waals surface area contributed by atoms with Gasteiger partial charge in [0.1, 0.15) is 0 Å². The quantitative estimate of drug-likeness (QED) is 0.510. The van der Waals surface area contributed by atoms with Crippen LogP contribution < -0.4 is 9.47 Å². The molecule has 0 atom stereocenters. The Balaban J connectivity index is 1.45. The summed E-state index contributed by atoms with van der Waals surface area (Å²) in [5.41, 5.74) is 0. The summed E-state index contributed by atoms with van der Waals surface area (Å²) in [6.45, 7) is 2.27. The molecule has 0 unspecified atom stereocenters. The van der Waals surface area contributed by atoms with Crippen molar-refractivity contribution in [3.05, 3.63) is 24.3 Å². The second-order valence-electron chi connectivity index (χ2n) is 5.73. The fourth-order valence-corrected chi connectivity index (χ4v) is 2.69. The Hall–Kier alpha value is -1.18. The van der Waals surface area contributed by atoms with Crippen LogP contribution in [-0.2, 0) is 0 Å². The molecular formula is C18H28O2. The second-order valence-corrected chi connectivity index (χ2v) is 5.73. The van der Waals surface area contributed by atoms with E-state index in [1.54, 1.807) is 0 Å². The Morgan fingerprint density at radius 3 is 1.80 bits per heavy atom. The molecule has 2 heteroatoms. The van der Waals surface area contributed by atoms with E-state index in [1.807, 2.05) is 24.3 Å². The van der Waals surface area contributed by atoms with Crippen molar-refractivity contribution < 1.29 is 9.47 Å². The molecule has 0 radical (unpaired) electrons. The first kappa shape index (κ1) is 15.2. The first-order valence-corrected chi connectivity index (χ1v) is 8.32. The number of benzene rings is 1. The lowest BCUT2D eigenvalue weighted by Gasteiger charge is -2.09. The maximum absolute atomic E-state index is 5.76. The van der Waals surface area contributed by atoms with Crippen LogP contribution in [0.4, 0.5) is 0 Å². The number of hydrogen-bond donors (Lipinski definition) is 0. The zero-order chi connectivity index (χ0) is 14.0. The van der Waals surface area contributed by atoms with Crippen molar-refractivity contribution in [1.82, 2.24) is 0 Å². The topological polar surface area (TPSA) is 18.5 Å². The Bertz CT molecular complexity index is 350. The molecule has 0 aliphatic carbocycles. The maximum atomic E-state index is 5.76. The van der Waals surface area contributed by atoms with E-state index in [1.165, 1.54) is 57.8 Å². The highest BCUT2D eigenvalue weighted by atomic mass is 16.7. The smallest absolute Gasteiger partial charge is 0.241 e. The van der Waals surface area contributed by atoms with Gasteiger partial charge >= 0.3 is 0 Å². The number of unbranched alkanes of at least 4 members (excludes halogenated alkanes) is 8. The molecule has 0 fully saturated rings. The highest BCUT2D eigenvalue weighted by molar-refractivity contribution is 5.41. The lowest BCUT2D eigenvalue weighted by molar-refractivity contribution is 0.0395. The Kier molecular flexibility index (Phi) is 6.76. The molecule has 0 spiro atoms. The SMILES string of the molecule is CCCCCCCCCCCC1Oc2ccccc2O1. The predicted octanol–water partition coefficient (Wildman–Crippen LogP) is 5.70. The third kappa shape index (κ3) is 5.07. The number of fused-ring (bicyclic) bond motifs is 1. The minimum atomic E-state index is -0.0584. The third-order valence-corrected chi connectivity index (χ3v) is 3.91. The summed E-state index contributed by atoms with van der Waals surface area (Å²) in [7, 11) is 0. The summed E-state index contributed by atoms with van der Waals surface area (Å²) in [4.78, 5) is 0. The third-order valence-electron chi connectivity index (χ3n) is 3.91. The van der Waals surface area contributed by atoms with Crippen LogP contribution in [0.25, 0.3) is 0 Å². The van der Waals surface area contributed by atoms with Crippen LogP contribution in [0, 0.1) is 0 Å². The average Bonchev–Trinajstić information content (AvgIpc) is 2.88. The molecule has 1 aromatic rings. The van der Waals surface area contributed by atoms with Crippen LogP contribution in [0.2, 0.25) is 0 Å². The highest BCUT2D eigenvalue weighted by Gasteiger charge is 2.22. The summed E-state index contributed by atoms with van der Waals surface area (Å²) in [6, 6.07) is 7.93. The Morgan fingerprint density at radius 1 is 0.750 bits per heavy atom. The molecule has 0 amide bonds. The van der Waals surface area contributed by atoms with Crippen LogP contribution in [-0.4, -0.2) is 6.29 Å². The zero-order valence-corrected chi connectivity index (χ0v) is 12.8. The Labute approximate surface area is 123 Å². The molecule has 2 nitrogen and oxygen atoms in total. The van der Waals surface area contributed by atoms with Gasteiger partial charge in [0.15, 0.2) is 11.5 Å². The van der Waals surface area contributed by atoms with Gasteiger partial charge in [-0.2, -0.15) is 0 Å². The minimum absolute atomic E-state index is 0.0584. The molecule has 0 saturated carbocycles. The van der Waals surface area contributed by atoms with E-state index in [-0.39, 0.29) is 6.29 Å². The highest BCUT2D eigenvalue weighted by Crippen LogP contribution is 2.35. The van der Waals surface area contributed by atoms with Gasteiger partial charge in [-0.1, -0.05) is 70.4 Å². The van der Waals surface area contributed by atoms with Gasteiger partial charge in [0, 0.05) is 6.42 Å². The maximum Gasteiger partial charge on any atom is 0.241 e. The lowest BCUT2D eigenvalue weighted by Crippen LogP contribution is -2.17. The van der Waals surface area contributed by atoms with Crippen LogP contribution in [0.1, 0.15) is 71.1 Å². The fraction of sp³-hybridized carbons (Fsp3) is 0.667. The van der Waals surface area contributed by atoms with Crippen LogP contribution in [0.15, 0.2) is 24.3 Å². The van der Waals surface area contributed by atoms with Gasteiger partial charge < -0.3 is 9.47 Å². The zero-order valence-electron chi connectivity index (χ0n) is 12.8. The lowest BCUT2D eigenvalue weighted by atomic mass is 10.1. The van der Waals surface area contributed by atoms with E-state index in [0.29, 0.717) is 0 Å². The standard InChI is InChI=1S/C18H28O2/c1-2-3-4-5-6-7-8-9-10-15-18-19-16-13-11-12-14-17(16)20-18/h11-14,18H,2-10,15H2,1H3. The van der Waals surface area contributed by atoms with Crippen molar-refractivity contribution in [3.63, 3.8) is 0 Å². The summed E-state index contributed by atoms with van der Waals surface area (Å²) in [5.74, 6) is 1.79. The largest absolute Gasteiger partial charge is 0.451 e. The van der Waals surface area contributed by atoms with Gasteiger partial charge in [-0.15, -0.1) is 0 Å². The van der Waals surface area contributed by atoms with E-state index in [0.717, 1.165) is 17.9 Å². The average molecular weight is 276 g/mol. The molecule has 0 aromatic heterocycles. The van der Waals surface area contributed by atoms with Gasteiger partial charge in [-0.3, -0.25) is 0 Å². The van der Waals surface area contributed by atoms with E-state index >= 15 is 0 Å². The summed E-state index contributed by atoms with van der Waals surface area (Å²) in [5, 5.41) is 0. The van der Waals surface area contributed by atoms with Crippen molar-refractivity contribution in [3.8, 4) is 11.5 Å². The number of ether oxygens (including phenoxy) is 2. The van der Waals surface area contributed by atoms with Crippen molar-refractivity contribution in [1.29, 1.82) is 0 Å². The monoisotopic (exact) mass is 276 g/mol. The molecule has 1 heterocycles. The first-order valence-electron chi connectivity index (χ1n) is 8.32. The van der Waals surface area contributed by atoms with E-state index in [2.05, 4.69) is 6.92 Å². The summed E-state index contributed by atoms with van der Waals surface area (Å²) in [6.07, 6.45) is 13.2. The summed E-state index contributed by atoms with van der Waals surface area (Å²) < 4.78 is 11.5. The second kappa shape index (κ2) is 8.89. The molecule has 112 valence electrons. The van der Waals surface area contributed by atoms with Crippen molar-refractivity contribution in [2.75, 3.05) is 0 Å². The molecule has 1 aliphatic heterocycles. The number of hydrogen-bond acceptors (Lipinski definition) is 2. The fourth-order valence-electron chi connectivity index (χ4n) is 2.69. The molecule has 0 N–H and O–H groups in total. The molecule has 2 rings (SSSR count). The normalized spacial score (nSPS) is 13.8. The van der Waals surface area contributed by atoms with Crippen LogP contribution >= 0.6 is 0 Å². The summed E-state index contributed by atoms with van der Waals surface area (Å²) >= 11 is 0. The number of para-hydroxylation sites is 2. The molecule has 0 saturated heterocycles. The molecular weight excluding hydrogens is 248 g/mol. The Morgan fingerprint density at radius 2 is 1.25 bits per heavy atom. The first-order chi connectivity index (χ1) is 9.90. The molecule has 1 aliphatic rings. The van der Waals surface area contributed by atoms with Crippen molar-refractivity contribution >= 4 is 0 Å². The van der Waals surface area contributed by atoms with E-state index in [9.17, 15) is 0 Å². The van der Waals surface area contributed by atoms with Gasteiger partial charge in [0.2, 0.25) is 6.29 Å². The number of rotatable bonds is 10. The molecule has 1 aromatic carbocycles. The van der Waals surface area contributed by atoms with Gasteiger partial charge in [0.25, 0.3) is 0 Å². The minimum Gasteiger partial charge on any atom is -0.451 e.